The summed E-state index contributed by atoms with van der Waals surface area (Å²) in [5.74, 6) is 3.32. The Morgan fingerprint density at radius 3 is 2.57 bits per heavy atom. The van der Waals surface area contributed by atoms with E-state index in [1.807, 2.05) is 0 Å². The molecule has 2 saturated carbocycles. The predicted octanol–water partition coefficient (Wildman–Crippen LogP) is 4.89. The molecule has 30 heavy (non-hydrogen) atoms. The summed E-state index contributed by atoms with van der Waals surface area (Å²) in [6.07, 6.45) is 0.375. The Bertz CT molecular complexity index is 897. The van der Waals surface area contributed by atoms with Crippen LogP contribution in [-0.4, -0.2) is 45.1 Å². The molecule has 1 aromatic carbocycles. The van der Waals surface area contributed by atoms with Gasteiger partial charge in [-0.1, -0.05) is 23.9 Å². The molecule has 4 nitrogen and oxygen atoms in total. The van der Waals surface area contributed by atoms with E-state index in [-0.39, 0.29) is 17.8 Å². The van der Waals surface area contributed by atoms with Gasteiger partial charge < -0.3 is 9.47 Å². The lowest BCUT2D eigenvalue weighted by molar-refractivity contribution is -0.137. The van der Waals surface area contributed by atoms with E-state index in [0.717, 1.165) is 54.8 Å². The molecule has 2 atom stereocenters. The topological polar surface area (TPSA) is 34.0 Å². The predicted molar refractivity (Wildman–Crippen MR) is 113 cm³/mol. The van der Waals surface area contributed by atoms with Crippen LogP contribution in [0.25, 0.3) is 0 Å². The van der Waals surface area contributed by atoms with E-state index in [2.05, 4.69) is 26.7 Å². The zero-order chi connectivity index (χ0) is 20.2. The number of piperidine rings is 1. The molecule has 9 heteroatoms. The molecule has 0 bridgehead atoms. The van der Waals surface area contributed by atoms with E-state index >= 15 is 0 Å². The highest BCUT2D eigenvalue weighted by Gasteiger charge is 2.60. The Morgan fingerprint density at radius 1 is 1.17 bits per heavy atom. The van der Waals surface area contributed by atoms with E-state index in [0.29, 0.717) is 11.8 Å². The minimum atomic E-state index is -4.26. The Balaban J connectivity index is 0.00000218. The molecule has 2 aliphatic carbocycles. The van der Waals surface area contributed by atoms with Gasteiger partial charge in [0.15, 0.2) is 5.16 Å². The molecule has 0 N–H and O–H groups in total. The quantitative estimate of drug-likeness (QED) is 0.437. The molecule has 1 saturated heterocycles. The second-order valence-corrected chi connectivity index (χ2v) is 9.81. The summed E-state index contributed by atoms with van der Waals surface area (Å²) < 4.78 is 40.6. The van der Waals surface area contributed by atoms with Crippen molar-refractivity contribution in [2.45, 2.75) is 48.3 Å². The Kier molecular flexibility index (Phi) is 5.87. The third kappa shape index (κ3) is 4.10. The van der Waals surface area contributed by atoms with Crippen molar-refractivity contribution in [2.24, 2.45) is 13.0 Å². The van der Waals surface area contributed by atoms with Crippen molar-refractivity contribution >= 4 is 24.2 Å². The number of hydrogen-bond acceptors (Lipinski definition) is 4. The van der Waals surface area contributed by atoms with Gasteiger partial charge in [-0.2, -0.15) is 13.2 Å². The van der Waals surface area contributed by atoms with Gasteiger partial charge in [0.05, 0.1) is 5.56 Å². The third-order valence-corrected chi connectivity index (χ3v) is 7.77. The Morgan fingerprint density at radius 2 is 1.90 bits per heavy atom. The first kappa shape index (κ1) is 22.0. The van der Waals surface area contributed by atoms with E-state index in [9.17, 15) is 13.2 Å². The molecule has 2 heterocycles. The largest absolute Gasteiger partial charge is 0.416 e. The Hall–Kier alpha value is -1.25. The highest BCUT2D eigenvalue weighted by Crippen LogP contribution is 2.59. The summed E-state index contributed by atoms with van der Waals surface area (Å²) in [7, 11) is 2.05. The minimum Gasteiger partial charge on any atom is -0.309 e. The summed E-state index contributed by atoms with van der Waals surface area (Å²) in [5, 5.41) is 9.65. The number of aromatic nitrogens is 3. The Labute approximate surface area is 185 Å². The van der Waals surface area contributed by atoms with Crippen LogP contribution in [0.1, 0.15) is 48.6 Å². The number of likely N-dealkylation sites (tertiary alicyclic amines) is 1. The summed E-state index contributed by atoms with van der Waals surface area (Å²) in [5.41, 5.74) is 0.592. The molecular formula is C21H26ClF3N4S. The number of hydrogen-bond donors (Lipinski definition) is 0. The molecule has 0 unspecified atom stereocenters. The monoisotopic (exact) mass is 458 g/mol. The number of benzene rings is 1. The average Bonchev–Trinajstić information content (AvgIpc) is 3.59. The van der Waals surface area contributed by atoms with Crippen LogP contribution in [0.4, 0.5) is 13.2 Å². The molecule has 2 aromatic rings. The van der Waals surface area contributed by atoms with Crippen LogP contribution >= 0.6 is 24.2 Å². The fourth-order valence-electron chi connectivity index (χ4n) is 4.80. The van der Waals surface area contributed by atoms with Crippen molar-refractivity contribution in [3.63, 3.8) is 0 Å². The van der Waals surface area contributed by atoms with Crippen LogP contribution in [0, 0.1) is 5.92 Å². The number of fused-ring (bicyclic) bond motifs is 1. The zero-order valence-electron chi connectivity index (χ0n) is 16.9. The maximum atomic E-state index is 12.8. The molecule has 3 fully saturated rings. The summed E-state index contributed by atoms with van der Waals surface area (Å²) in [6, 6.07) is 5.84. The van der Waals surface area contributed by atoms with Crippen molar-refractivity contribution in [3.8, 4) is 0 Å². The van der Waals surface area contributed by atoms with Crippen molar-refractivity contribution in [2.75, 3.05) is 25.4 Å². The fraction of sp³-hybridized carbons (Fsp3) is 0.619. The number of rotatable bonds is 7. The third-order valence-electron chi connectivity index (χ3n) is 6.66. The van der Waals surface area contributed by atoms with Crippen LogP contribution in [0.5, 0.6) is 0 Å². The smallest absolute Gasteiger partial charge is 0.309 e. The van der Waals surface area contributed by atoms with Gasteiger partial charge in [-0.25, -0.2) is 0 Å². The van der Waals surface area contributed by atoms with Crippen LogP contribution in [0.15, 0.2) is 29.4 Å². The SMILES string of the molecule is Cl.Cn1c(SCCCN2C[C@@H]3C[C@]3(c3ccc(C(F)(F)F)cc3)C2)nnc1C1CC1. The van der Waals surface area contributed by atoms with Gasteiger partial charge in [0, 0.05) is 37.2 Å². The standard InChI is InChI=1S/C21H25F3N4S.ClH/c1-27-18(14-3-4-14)25-26-19(27)29-10-2-9-28-12-17-11-20(17,13-28)15-5-7-16(8-6-15)21(22,23)24;/h5-8,14,17H,2-4,9-13H2,1H3;1H/t17-,20+;/m0./s1. The normalized spacial score (nSPS) is 25.8. The number of nitrogens with zero attached hydrogens (tertiary/aromatic N) is 4. The maximum Gasteiger partial charge on any atom is 0.416 e. The molecule has 164 valence electrons. The molecule has 1 aromatic heterocycles. The summed E-state index contributed by atoms with van der Waals surface area (Å²) in [4.78, 5) is 2.47. The first-order valence-corrected chi connectivity index (χ1v) is 11.3. The van der Waals surface area contributed by atoms with E-state index in [1.165, 1.54) is 25.0 Å². The lowest BCUT2D eigenvalue weighted by Gasteiger charge is -2.21. The first-order valence-electron chi connectivity index (χ1n) is 10.3. The fourth-order valence-corrected chi connectivity index (χ4v) is 5.64. The molecule has 3 aliphatic rings. The second-order valence-electron chi connectivity index (χ2n) is 8.74. The molecule has 0 spiro atoms. The first-order chi connectivity index (χ1) is 13.9. The highest BCUT2D eigenvalue weighted by atomic mass is 35.5. The van der Waals surface area contributed by atoms with E-state index in [4.69, 9.17) is 0 Å². The van der Waals surface area contributed by atoms with Crippen molar-refractivity contribution in [1.29, 1.82) is 0 Å². The van der Waals surface area contributed by atoms with Gasteiger partial charge >= 0.3 is 6.18 Å². The molecule has 5 rings (SSSR count). The van der Waals surface area contributed by atoms with E-state index < -0.39 is 11.7 Å². The molecule has 0 amide bonds. The molecular weight excluding hydrogens is 433 g/mol. The lowest BCUT2D eigenvalue weighted by atomic mass is 9.94. The summed E-state index contributed by atoms with van der Waals surface area (Å²) >= 11 is 1.76. The van der Waals surface area contributed by atoms with Crippen LogP contribution < -0.4 is 0 Å². The second kappa shape index (κ2) is 8.02. The van der Waals surface area contributed by atoms with Crippen molar-refractivity contribution < 1.29 is 13.2 Å². The molecule has 0 radical (unpaired) electrons. The maximum absolute atomic E-state index is 12.8. The minimum absolute atomic E-state index is 0. The van der Waals surface area contributed by atoms with E-state index in [1.54, 1.807) is 23.9 Å². The van der Waals surface area contributed by atoms with Gasteiger partial charge in [-0.15, -0.1) is 22.6 Å². The summed E-state index contributed by atoms with van der Waals surface area (Å²) in [6.45, 7) is 3.05. The average molecular weight is 459 g/mol. The number of halogens is 4. The van der Waals surface area contributed by atoms with Gasteiger partial charge in [0.2, 0.25) is 0 Å². The number of thioether (sulfide) groups is 1. The van der Waals surface area contributed by atoms with Crippen LogP contribution in [0.3, 0.4) is 0 Å². The van der Waals surface area contributed by atoms with Crippen molar-refractivity contribution in [3.05, 3.63) is 41.2 Å². The highest BCUT2D eigenvalue weighted by molar-refractivity contribution is 7.99. The molecule has 1 aliphatic heterocycles. The van der Waals surface area contributed by atoms with Gasteiger partial charge in [-0.05, 0) is 55.8 Å². The van der Waals surface area contributed by atoms with Crippen molar-refractivity contribution in [1.82, 2.24) is 19.7 Å². The zero-order valence-corrected chi connectivity index (χ0v) is 18.5. The lowest BCUT2D eigenvalue weighted by Crippen LogP contribution is -2.28. The number of alkyl halides is 3. The van der Waals surface area contributed by atoms with Crippen LogP contribution in [0.2, 0.25) is 0 Å². The van der Waals surface area contributed by atoms with Crippen LogP contribution in [-0.2, 0) is 18.6 Å². The van der Waals surface area contributed by atoms with Gasteiger partial charge in [-0.3, -0.25) is 0 Å². The van der Waals surface area contributed by atoms with Gasteiger partial charge in [0.1, 0.15) is 5.82 Å². The van der Waals surface area contributed by atoms with Gasteiger partial charge in [0.25, 0.3) is 0 Å².